The van der Waals surface area contributed by atoms with E-state index < -0.39 is 0 Å². The first kappa shape index (κ1) is 23.0. The van der Waals surface area contributed by atoms with Crippen molar-refractivity contribution in [2.24, 2.45) is 5.16 Å². The van der Waals surface area contributed by atoms with Crippen LogP contribution in [0.3, 0.4) is 0 Å². The molecule has 1 aliphatic rings. The van der Waals surface area contributed by atoms with Gasteiger partial charge in [-0.25, -0.2) is 4.68 Å². The maximum atomic E-state index is 12.8. The molecule has 0 bridgehead atoms. The quantitative estimate of drug-likeness (QED) is 0.255. The molecular weight excluding hydrogens is 436 g/mol. The molecular formula is C24H26N6O4. The standard InChI is InChI=1S/C24H26N6O4/c1-3-25-23(31)16-7-11-19(12-8-16)30-21(22(27-29-30)24(32)26-18-9-10-18)14-34-20-6-4-5-17(13-20)15(2)28-33/h4-8,11-13,18,33H,3,9-10,14H2,1-2H3,(H,25,31)(H,26,32)/b28-15+. The number of aromatic nitrogens is 3. The highest BCUT2D eigenvalue weighted by molar-refractivity contribution is 5.98. The number of nitrogens with zero attached hydrogens (tertiary/aromatic N) is 4. The average Bonchev–Trinajstić information content (AvgIpc) is 3.57. The van der Waals surface area contributed by atoms with Gasteiger partial charge in [0, 0.05) is 23.7 Å². The summed E-state index contributed by atoms with van der Waals surface area (Å²) in [6.45, 7) is 4.10. The molecule has 0 aliphatic heterocycles. The Balaban J connectivity index is 1.62. The monoisotopic (exact) mass is 462 g/mol. The summed E-state index contributed by atoms with van der Waals surface area (Å²) in [4.78, 5) is 24.9. The first-order chi connectivity index (χ1) is 16.5. The number of benzene rings is 2. The van der Waals surface area contributed by atoms with Crippen LogP contribution < -0.4 is 15.4 Å². The van der Waals surface area contributed by atoms with Crippen molar-refractivity contribution in [2.45, 2.75) is 39.3 Å². The molecule has 0 radical (unpaired) electrons. The van der Waals surface area contributed by atoms with Crippen molar-refractivity contribution in [3.8, 4) is 11.4 Å². The third-order valence-electron chi connectivity index (χ3n) is 5.38. The maximum Gasteiger partial charge on any atom is 0.274 e. The molecule has 1 aromatic heterocycles. The molecule has 1 saturated carbocycles. The minimum Gasteiger partial charge on any atom is -0.487 e. The summed E-state index contributed by atoms with van der Waals surface area (Å²) in [5.74, 6) is 0.0685. The number of rotatable bonds is 9. The molecule has 0 atom stereocenters. The highest BCUT2D eigenvalue weighted by Crippen LogP contribution is 2.22. The van der Waals surface area contributed by atoms with E-state index in [2.05, 4.69) is 26.1 Å². The highest BCUT2D eigenvalue weighted by Gasteiger charge is 2.28. The summed E-state index contributed by atoms with van der Waals surface area (Å²) < 4.78 is 7.51. The Hall–Kier alpha value is -4.21. The first-order valence-electron chi connectivity index (χ1n) is 11.1. The summed E-state index contributed by atoms with van der Waals surface area (Å²) in [6.07, 6.45) is 1.90. The van der Waals surface area contributed by atoms with E-state index in [0.29, 0.717) is 40.5 Å². The van der Waals surface area contributed by atoms with E-state index in [4.69, 9.17) is 9.94 Å². The molecule has 4 rings (SSSR count). The minimum absolute atomic E-state index is 0.0251. The largest absolute Gasteiger partial charge is 0.487 e. The molecule has 10 nitrogen and oxygen atoms in total. The van der Waals surface area contributed by atoms with Gasteiger partial charge in [-0.05, 0) is 63.1 Å². The van der Waals surface area contributed by atoms with E-state index in [1.54, 1.807) is 55.5 Å². The predicted octanol–water partition coefficient (Wildman–Crippen LogP) is 2.69. The third kappa shape index (κ3) is 5.22. The number of nitrogens with one attached hydrogen (secondary N) is 2. The van der Waals surface area contributed by atoms with Crippen LogP contribution in [-0.2, 0) is 6.61 Å². The Morgan fingerprint density at radius 2 is 1.91 bits per heavy atom. The van der Waals surface area contributed by atoms with Crippen molar-refractivity contribution in [1.82, 2.24) is 25.6 Å². The van der Waals surface area contributed by atoms with Crippen LogP contribution in [0.2, 0.25) is 0 Å². The van der Waals surface area contributed by atoms with E-state index >= 15 is 0 Å². The highest BCUT2D eigenvalue weighted by atomic mass is 16.5. The molecule has 2 aromatic carbocycles. The van der Waals surface area contributed by atoms with Gasteiger partial charge in [-0.3, -0.25) is 9.59 Å². The summed E-state index contributed by atoms with van der Waals surface area (Å²) in [5.41, 5.74) is 2.98. The third-order valence-corrected chi connectivity index (χ3v) is 5.38. The van der Waals surface area contributed by atoms with Gasteiger partial charge in [0.25, 0.3) is 11.8 Å². The molecule has 34 heavy (non-hydrogen) atoms. The Bertz CT molecular complexity index is 1210. The fourth-order valence-electron chi connectivity index (χ4n) is 3.33. The smallest absolute Gasteiger partial charge is 0.274 e. The zero-order valence-corrected chi connectivity index (χ0v) is 19.0. The molecule has 3 N–H and O–H groups in total. The molecule has 0 spiro atoms. The van der Waals surface area contributed by atoms with Gasteiger partial charge >= 0.3 is 0 Å². The maximum absolute atomic E-state index is 12.8. The summed E-state index contributed by atoms with van der Waals surface area (Å²) in [7, 11) is 0. The van der Waals surface area contributed by atoms with Crippen LogP contribution in [0.1, 0.15) is 58.8 Å². The van der Waals surface area contributed by atoms with E-state index in [1.807, 2.05) is 6.92 Å². The van der Waals surface area contributed by atoms with Gasteiger partial charge in [0.15, 0.2) is 5.69 Å². The van der Waals surface area contributed by atoms with Gasteiger partial charge in [0.2, 0.25) is 0 Å². The molecule has 176 valence electrons. The Labute approximate surface area is 196 Å². The first-order valence-corrected chi connectivity index (χ1v) is 11.1. The molecule has 3 aromatic rings. The number of ether oxygens (including phenoxy) is 1. The van der Waals surface area contributed by atoms with Crippen LogP contribution in [0.4, 0.5) is 0 Å². The topological polar surface area (TPSA) is 131 Å². The summed E-state index contributed by atoms with van der Waals surface area (Å²) in [6, 6.07) is 14.1. The molecule has 0 saturated heterocycles. The molecule has 1 aliphatic carbocycles. The van der Waals surface area contributed by atoms with Crippen molar-refractivity contribution in [3.05, 3.63) is 71.0 Å². The second-order valence-corrected chi connectivity index (χ2v) is 7.95. The number of hydrogen-bond acceptors (Lipinski definition) is 7. The number of oxime groups is 1. The lowest BCUT2D eigenvalue weighted by Gasteiger charge is -2.11. The van der Waals surface area contributed by atoms with Gasteiger partial charge in [0.05, 0.1) is 11.4 Å². The second-order valence-electron chi connectivity index (χ2n) is 7.95. The van der Waals surface area contributed by atoms with E-state index in [0.717, 1.165) is 12.8 Å². The van der Waals surface area contributed by atoms with Crippen molar-refractivity contribution in [2.75, 3.05) is 6.54 Å². The number of carbonyl (C=O) groups excluding carboxylic acids is 2. The van der Waals surface area contributed by atoms with Crippen molar-refractivity contribution in [1.29, 1.82) is 0 Å². The number of hydrogen-bond donors (Lipinski definition) is 3. The van der Waals surface area contributed by atoms with E-state index in [1.165, 1.54) is 4.68 Å². The zero-order valence-electron chi connectivity index (χ0n) is 19.0. The normalized spacial score (nSPS) is 13.4. The zero-order chi connectivity index (χ0) is 24.1. The second kappa shape index (κ2) is 10.2. The number of carbonyl (C=O) groups is 2. The molecule has 10 heteroatoms. The Kier molecular flexibility index (Phi) is 6.86. The predicted molar refractivity (Wildman–Crippen MR) is 125 cm³/mol. The summed E-state index contributed by atoms with van der Waals surface area (Å²) in [5, 5.41) is 26.3. The van der Waals surface area contributed by atoms with E-state index in [-0.39, 0.29) is 30.2 Å². The fourth-order valence-corrected chi connectivity index (χ4v) is 3.33. The van der Waals surface area contributed by atoms with Crippen molar-refractivity contribution in [3.63, 3.8) is 0 Å². The van der Waals surface area contributed by atoms with Crippen LogP contribution in [0.15, 0.2) is 53.7 Å². The fraction of sp³-hybridized carbons (Fsp3) is 0.292. The van der Waals surface area contributed by atoms with Crippen molar-refractivity contribution >= 4 is 17.5 Å². The van der Waals surface area contributed by atoms with Crippen LogP contribution in [0.5, 0.6) is 5.75 Å². The SMILES string of the molecule is CCNC(=O)c1ccc(-n2nnc(C(=O)NC3CC3)c2COc2cccc(/C(C)=N/O)c2)cc1. The Morgan fingerprint density at radius 1 is 1.15 bits per heavy atom. The van der Waals surface area contributed by atoms with Gasteiger partial charge < -0.3 is 20.6 Å². The average molecular weight is 463 g/mol. The van der Waals surface area contributed by atoms with Gasteiger partial charge in [0.1, 0.15) is 18.1 Å². The lowest BCUT2D eigenvalue weighted by Crippen LogP contribution is -2.27. The van der Waals surface area contributed by atoms with Gasteiger partial charge in [-0.15, -0.1) is 5.10 Å². The number of amides is 2. The minimum atomic E-state index is -0.302. The van der Waals surface area contributed by atoms with Gasteiger partial charge in [-0.2, -0.15) is 0 Å². The van der Waals surface area contributed by atoms with Crippen LogP contribution in [-0.4, -0.2) is 50.3 Å². The van der Waals surface area contributed by atoms with Gasteiger partial charge in [-0.1, -0.05) is 22.5 Å². The molecule has 1 fully saturated rings. The van der Waals surface area contributed by atoms with Crippen LogP contribution >= 0.6 is 0 Å². The molecule has 0 unspecified atom stereocenters. The van der Waals surface area contributed by atoms with Crippen molar-refractivity contribution < 1.29 is 19.5 Å². The lowest BCUT2D eigenvalue weighted by atomic mass is 10.1. The van der Waals surface area contributed by atoms with E-state index in [9.17, 15) is 9.59 Å². The summed E-state index contributed by atoms with van der Waals surface area (Å²) >= 11 is 0. The Morgan fingerprint density at radius 3 is 2.59 bits per heavy atom. The lowest BCUT2D eigenvalue weighted by molar-refractivity contribution is 0.0939. The van der Waals surface area contributed by atoms with Crippen LogP contribution in [0, 0.1) is 0 Å². The molecule has 2 amide bonds. The van der Waals surface area contributed by atoms with Crippen LogP contribution in [0.25, 0.3) is 5.69 Å². The molecule has 1 heterocycles.